The maximum Gasteiger partial charge on any atom is 0.280 e. The fourth-order valence-corrected chi connectivity index (χ4v) is 0.873. The molecular formula is C6H5ClF2N2. The maximum absolute atomic E-state index is 12.0. The van der Waals surface area contributed by atoms with Crippen LogP contribution in [0.5, 0.6) is 0 Å². The first-order valence-electron chi connectivity index (χ1n) is 2.80. The van der Waals surface area contributed by atoms with Crippen molar-refractivity contribution in [2.75, 3.05) is 5.73 Å². The van der Waals surface area contributed by atoms with E-state index in [-0.39, 0.29) is 10.8 Å². The zero-order chi connectivity index (χ0) is 8.43. The fourth-order valence-electron chi connectivity index (χ4n) is 0.650. The van der Waals surface area contributed by atoms with Gasteiger partial charge in [0.05, 0.1) is 0 Å². The van der Waals surface area contributed by atoms with Crippen LogP contribution in [-0.2, 0) is 0 Å². The first kappa shape index (κ1) is 8.20. The molecule has 2 N–H and O–H groups in total. The third-order valence-electron chi connectivity index (χ3n) is 1.05. The lowest BCUT2D eigenvalue weighted by Crippen LogP contribution is -1.95. The van der Waals surface area contributed by atoms with E-state index in [1.165, 1.54) is 6.07 Å². The summed E-state index contributed by atoms with van der Waals surface area (Å²) in [6.45, 7) is 0. The number of nitrogen functional groups attached to an aromatic ring is 1. The lowest BCUT2D eigenvalue weighted by Gasteiger charge is -1.99. The van der Waals surface area contributed by atoms with Gasteiger partial charge in [0, 0.05) is 5.02 Å². The highest BCUT2D eigenvalue weighted by Gasteiger charge is 2.09. The van der Waals surface area contributed by atoms with Gasteiger partial charge in [0.25, 0.3) is 6.43 Å². The standard InChI is InChI=1S/C6H5ClF2N2/c7-3-1-4(6(8)9)11-5(10)2-3/h1-2,6H,(H2,10,11). The molecule has 0 saturated carbocycles. The van der Waals surface area contributed by atoms with E-state index in [4.69, 9.17) is 17.3 Å². The average Bonchev–Trinajstić information content (AvgIpc) is 1.85. The van der Waals surface area contributed by atoms with Crippen LogP contribution >= 0.6 is 11.6 Å². The summed E-state index contributed by atoms with van der Waals surface area (Å²) < 4.78 is 23.9. The molecular weight excluding hydrogens is 174 g/mol. The van der Waals surface area contributed by atoms with Crippen molar-refractivity contribution in [3.63, 3.8) is 0 Å². The topological polar surface area (TPSA) is 38.9 Å². The number of nitrogens with zero attached hydrogens (tertiary/aromatic N) is 1. The Bertz CT molecular complexity index is 245. The SMILES string of the molecule is Nc1cc(Cl)cc(C(F)F)n1. The van der Waals surface area contributed by atoms with E-state index >= 15 is 0 Å². The van der Waals surface area contributed by atoms with Gasteiger partial charge in [-0.3, -0.25) is 0 Å². The highest BCUT2D eigenvalue weighted by molar-refractivity contribution is 6.30. The van der Waals surface area contributed by atoms with E-state index < -0.39 is 12.1 Å². The van der Waals surface area contributed by atoms with Gasteiger partial charge in [-0.15, -0.1) is 0 Å². The third-order valence-corrected chi connectivity index (χ3v) is 1.27. The molecule has 60 valence electrons. The molecule has 0 spiro atoms. The molecule has 11 heavy (non-hydrogen) atoms. The Morgan fingerprint density at radius 2 is 2.09 bits per heavy atom. The van der Waals surface area contributed by atoms with Crippen LogP contribution < -0.4 is 5.73 Å². The van der Waals surface area contributed by atoms with Crippen LogP contribution in [0.2, 0.25) is 5.02 Å². The van der Waals surface area contributed by atoms with Crippen molar-refractivity contribution < 1.29 is 8.78 Å². The Morgan fingerprint density at radius 1 is 1.45 bits per heavy atom. The summed E-state index contributed by atoms with van der Waals surface area (Å²) >= 11 is 5.44. The molecule has 0 radical (unpaired) electrons. The van der Waals surface area contributed by atoms with Gasteiger partial charge in [-0.05, 0) is 12.1 Å². The predicted octanol–water partition coefficient (Wildman–Crippen LogP) is 2.25. The molecule has 5 heteroatoms. The number of alkyl halides is 2. The zero-order valence-electron chi connectivity index (χ0n) is 5.39. The molecule has 0 aromatic carbocycles. The summed E-state index contributed by atoms with van der Waals surface area (Å²) in [7, 11) is 0. The summed E-state index contributed by atoms with van der Waals surface area (Å²) in [6, 6.07) is 2.40. The Labute approximate surface area is 67.0 Å². The van der Waals surface area contributed by atoms with Crippen LogP contribution in [0.3, 0.4) is 0 Å². The normalized spacial score (nSPS) is 10.5. The maximum atomic E-state index is 12.0. The summed E-state index contributed by atoms with van der Waals surface area (Å²) in [6.07, 6.45) is -2.63. The second-order valence-electron chi connectivity index (χ2n) is 1.94. The molecule has 0 saturated heterocycles. The molecule has 0 aliphatic heterocycles. The number of pyridine rings is 1. The van der Waals surface area contributed by atoms with Crippen molar-refractivity contribution in [2.24, 2.45) is 0 Å². The Kier molecular flexibility index (Phi) is 2.24. The molecule has 1 rings (SSSR count). The summed E-state index contributed by atoms with van der Waals surface area (Å²) in [4.78, 5) is 3.38. The molecule has 2 nitrogen and oxygen atoms in total. The van der Waals surface area contributed by atoms with Gasteiger partial charge in [-0.1, -0.05) is 11.6 Å². The van der Waals surface area contributed by atoms with E-state index in [0.29, 0.717) is 0 Å². The minimum atomic E-state index is -2.63. The lowest BCUT2D eigenvalue weighted by atomic mass is 10.3. The van der Waals surface area contributed by atoms with Gasteiger partial charge in [-0.2, -0.15) is 0 Å². The van der Waals surface area contributed by atoms with Crippen LogP contribution in [0.4, 0.5) is 14.6 Å². The van der Waals surface area contributed by atoms with Gasteiger partial charge in [0.1, 0.15) is 11.5 Å². The summed E-state index contributed by atoms with van der Waals surface area (Å²) in [5.74, 6) is 0.00722. The van der Waals surface area contributed by atoms with Gasteiger partial charge in [0.2, 0.25) is 0 Å². The largest absolute Gasteiger partial charge is 0.384 e. The van der Waals surface area contributed by atoms with Gasteiger partial charge in [-0.25, -0.2) is 13.8 Å². The monoisotopic (exact) mass is 178 g/mol. The first-order chi connectivity index (χ1) is 5.09. The van der Waals surface area contributed by atoms with Crippen molar-refractivity contribution in [2.45, 2.75) is 6.43 Å². The highest BCUT2D eigenvalue weighted by atomic mass is 35.5. The Morgan fingerprint density at radius 3 is 2.55 bits per heavy atom. The van der Waals surface area contributed by atoms with E-state index in [1.807, 2.05) is 0 Å². The minimum Gasteiger partial charge on any atom is -0.384 e. The summed E-state index contributed by atoms with van der Waals surface area (Å²) in [5.41, 5.74) is 4.77. The lowest BCUT2D eigenvalue weighted by molar-refractivity contribution is 0.146. The fraction of sp³-hybridized carbons (Fsp3) is 0.167. The number of hydrogen-bond acceptors (Lipinski definition) is 2. The second kappa shape index (κ2) is 3.00. The van der Waals surface area contributed by atoms with Gasteiger partial charge in [0.15, 0.2) is 0 Å². The van der Waals surface area contributed by atoms with E-state index in [0.717, 1.165) is 6.07 Å². The number of halogens is 3. The first-order valence-corrected chi connectivity index (χ1v) is 3.18. The Hall–Kier alpha value is -0.900. The number of aromatic nitrogens is 1. The predicted molar refractivity (Wildman–Crippen MR) is 38.6 cm³/mol. The van der Waals surface area contributed by atoms with Crippen molar-refractivity contribution >= 4 is 17.4 Å². The zero-order valence-corrected chi connectivity index (χ0v) is 6.15. The molecule has 0 amide bonds. The molecule has 1 aromatic rings. The van der Waals surface area contributed by atoms with Crippen molar-refractivity contribution in [3.05, 3.63) is 22.8 Å². The molecule has 0 unspecified atom stereocenters. The van der Waals surface area contributed by atoms with Crippen molar-refractivity contribution in [1.29, 1.82) is 0 Å². The van der Waals surface area contributed by atoms with E-state index in [2.05, 4.69) is 4.98 Å². The van der Waals surface area contributed by atoms with Gasteiger partial charge < -0.3 is 5.73 Å². The molecule has 1 aromatic heterocycles. The highest BCUT2D eigenvalue weighted by Crippen LogP contribution is 2.21. The van der Waals surface area contributed by atoms with Crippen LogP contribution in [0.25, 0.3) is 0 Å². The number of rotatable bonds is 1. The summed E-state index contributed by atoms with van der Waals surface area (Å²) in [5, 5.41) is 0.174. The third kappa shape index (κ3) is 2.01. The molecule has 0 aliphatic carbocycles. The molecule has 0 fully saturated rings. The van der Waals surface area contributed by atoms with Crippen LogP contribution in [0.15, 0.2) is 12.1 Å². The van der Waals surface area contributed by atoms with Crippen molar-refractivity contribution in [3.8, 4) is 0 Å². The smallest absolute Gasteiger partial charge is 0.280 e. The van der Waals surface area contributed by atoms with Crippen LogP contribution in [0.1, 0.15) is 12.1 Å². The molecule has 1 heterocycles. The number of anilines is 1. The van der Waals surface area contributed by atoms with Gasteiger partial charge >= 0.3 is 0 Å². The van der Waals surface area contributed by atoms with E-state index in [1.54, 1.807) is 0 Å². The Balaban J connectivity index is 3.08. The van der Waals surface area contributed by atoms with Crippen LogP contribution in [-0.4, -0.2) is 4.98 Å². The quantitative estimate of drug-likeness (QED) is 0.717. The molecule has 0 aliphatic rings. The van der Waals surface area contributed by atoms with Crippen LogP contribution in [0, 0.1) is 0 Å². The molecule has 0 atom stereocenters. The van der Waals surface area contributed by atoms with E-state index in [9.17, 15) is 8.78 Å². The number of nitrogens with two attached hydrogens (primary N) is 1. The number of hydrogen-bond donors (Lipinski definition) is 1. The second-order valence-corrected chi connectivity index (χ2v) is 2.37. The molecule has 0 bridgehead atoms. The van der Waals surface area contributed by atoms with Crippen molar-refractivity contribution in [1.82, 2.24) is 4.98 Å². The average molecular weight is 179 g/mol. The minimum absolute atomic E-state index is 0.00722.